The molecule has 0 bridgehead atoms. The zero-order chi connectivity index (χ0) is 9.30. The van der Waals surface area contributed by atoms with Crippen molar-refractivity contribution in [3.63, 3.8) is 0 Å². The molecule has 7 heteroatoms. The van der Waals surface area contributed by atoms with Crippen molar-refractivity contribution in [2.24, 2.45) is 5.84 Å². The minimum absolute atomic E-state index is 0.181. The monoisotopic (exact) mass is 227 g/mol. The Morgan fingerprint density at radius 3 is 2.25 bits per heavy atom. The highest BCUT2D eigenvalue weighted by atomic mass is 35.5. The van der Waals surface area contributed by atoms with Gasteiger partial charge in [-0.3, -0.25) is 0 Å². The number of nitrogens with two attached hydrogens (primary N) is 2. The van der Waals surface area contributed by atoms with E-state index < -0.39 is 0 Å². The Kier molecular flexibility index (Phi) is 2.85. The maximum absolute atomic E-state index is 5.73. The fraction of sp³-hybridized carbons (Fsp3) is 0. The summed E-state index contributed by atoms with van der Waals surface area (Å²) < 4.78 is 0. The second kappa shape index (κ2) is 3.53. The first-order chi connectivity index (χ1) is 5.57. The Bertz CT molecular complexity index is 314. The molecule has 0 aliphatic carbocycles. The van der Waals surface area contributed by atoms with Gasteiger partial charge in [-0.05, 0) is 11.6 Å². The molecule has 4 nitrogen and oxygen atoms in total. The number of nitrogens with one attached hydrogen (secondary N) is 2. The molecule has 1 rings (SSSR count). The number of nitrogen functional groups attached to an aromatic ring is 2. The van der Waals surface area contributed by atoms with Gasteiger partial charge < -0.3 is 5.73 Å². The molecule has 1 heterocycles. The van der Waals surface area contributed by atoms with Crippen LogP contribution in [0.1, 0.15) is 0 Å². The van der Waals surface area contributed by atoms with Crippen molar-refractivity contribution in [1.82, 2.24) is 0 Å². The number of anilines is 2. The molecule has 0 radical (unpaired) electrons. The summed E-state index contributed by atoms with van der Waals surface area (Å²) in [7, 11) is 0. The Hall–Kier alpha value is -0.420. The molecule has 66 valence electrons. The summed E-state index contributed by atoms with van der Waals surface area (Å²) in [5, 5.41) is 0.582. The number of pyridine rings is 1. The lowest BCUT2D eigenvalue weighted by Gasteiger charge is -2.02. The quantitative estimate of drug-likeness (QED) is 0.385. The predicted octanol–water partition coefficient (Wildman–Crippen LogP) is 1.33. The SMILES string of the molecule is NNc1[nH+]c(Cl)c(Cl)c(N)c1Cl. The first-order valence-electron chi connectivity index (χ1n) is 2.89. The molecule has 0 atom stereocenters. The number of H-pyrrole nitrogens is 1. The molecule has 1 aromatic rings. The molecule has 0 amide bonds. The van der Waals surface area contributed by atoms with Gasteiger partial charge in [0.05, 0.1) is 5.69 Å². The smallest absolute Gasteiger partial charge is 0.312 e. The van der Waals surface area contributed by atoms with Gasteiger partial charge in [-0.2, -0.15) is 11.3 Å². The third kappa shape index (κ3) is 1.51. The van der Waals surface area contributed by atoms with Crippen LogP contribution in [-0.2, 0) is 0 Å². The van der Waals surface area contributed by atoms with Crippen molar-refractivity contribution in [2.75, 3.05) is 11.2 Å². The standard InChI is InChI=1S/C5H5Cl3N4/c6-1-3(9)2(7)5(12-10)11-4(1)8/h10H2,(H3,9,11,12)/p+1. The molecule has 1 aromatic heterocycles. The Balaban J connectivity index is 3.39. The zero-order valence-corrected chi connectivity index (χ0v) is 8.06. The van der Waals surface area contributed by atoms with Crippen LogP contribution in [0.4, 0.5) is 11.5 Å². The zero-order valence-electron chi connectivity index (χ0n) is 5.79. The average Bonchev–Trinajstić information content (AvgIpc) is 2.08. The maximum atomic E-state index is 5.73. The molecule has 0 aliphatic heterocycles. The second-order valence-corrected chi connectivity index (χ2v) is 3.13. The Morgan fingerprint density at radius 1 is 1.17 bits per heavy atom. The normalized spacial score (nSPS) is 10.0. The predicted molar refractivity (Wildman–Crippen MR) is 50.3 cm³/mol. The first kappa shape index (κ1) is 9.67. The summed E-state index contributed by atoms with van der Waals surface area (Å²) in [6.45, 7) is 0. The number of halogens is 3. The van der Waals surface area contributed by atoms with Crippen LogP contribution in [-0.4, -0.2) is 0 Å². The summed E-state index contributed by atoms with van der Waals surface area (Å²) in [5.41, 5.74) is 7.98. The Morgan fingerprint density at radius 2 is 1.75 bits per heavy atom. The van der Waals surface area contributed by atoms with Gasteiger partial charge in [0.25, 0.3) is 0 Å². The molecule has 0 spiro atoms. The summed E-state index contributed by atoms with van der Waals surface area (Å²) >= 11 is 17.0. The molecule has 12 heavy (non-hydrogen) atoms. The van der Waals surface area contributed by atoms with Crippen molar-refractivity contribution >= 4 is 46.3 Å². The molecular weight excluding hydrogens is 222 g/mol. The minimum Gasteiger partial charge on any atom is -0.396 e. The highest BCUT2D eigenvalue weighted by Gasteiger charge is 2.17. The fourth-order valence-corrected chi connectivity index (χ4v) is 1.25. The summed E-state index contributed by atoms with van der Waals surface area (Å²) in [6, 6.07) is 0. The molecule has 0 saturated carbocycles. The van der Waals surface area contributed by atoms with Crippen LogP contribution < -0.4 is 22.0 Å². The van der Waals surface area contributed by atoms with E-state index in [2.05, 4.69) is 10.4 Å². The van der Waals surface area contributed by atoms with E-state index in [0.717, 1.165) is 0 Å². The summed E-state index contributed by atoms with van der Waals surface area (Å²) in [5.74, 6) is 5.44. The minimum atomic E-state index is 0.181. The highest BCUT2D eigenvalue weighted by molar-refractivity contribution is 6.45. The lowest BCUT2D eigenvalue weighted by molar-refractivity contribution is -0.358. The van der Waals surface area contributed by atoms with Crippen molar-refractivity contribution in [3.05, 3.63) is 15.2 Å². The van der Waals surface area contributed by atoms with Crippen molar-refractivity contribution in [2.45, 2.75) is 0 Å². The van der Waals surface area contributed by atoms with Gasteiger partial charge in [-0.15, -0.1) is 0 Å². The van der Waals surface area contributed by atoms with Gasteiger partial charge >= 0.3 is 5.82 Å². The lowest BCUT2D eigenvalue weighted by Crippen LogP contribution is -2.20. The molecule has 0 aromatic carbocycles. The van der Waals surface area contributed by atoms with E-state index in [0.29, 0.717) is 5.82 Å². The van der Waals surface area contributed by atoms with Gasteiger partial charge in [0.15, 0.2) is 5.02 Å². The molecule has 0 unspecified atom stereocenters. The van der Waals surface area contributed by atoms with E-state index in [4.69, 9.17) is 46.4 Å². The van der Waals surface area contributed by atoms with Gasteiger partial charge in [0.2, 0.25) is 5.15 Å². The highest BCUT2D eigenvalue weighted by Crippen LogP contribution is 2.33. The average molecular weight is 228 g/mol. The van der Waals surface area contributed by atoms with Gasteiger partial charge in [0, 0.05) is 0 Å². The van der Waals surface area contributed by atoms with Crippen LogP contribution in [0.5, 0.6) is 0 Å². The van der Waals surface area contributed by atoms with Gasteiger partial charge in [-0.1, -0.05) is 23.2 Å². The molecule has 0 saturated heterocycles. The number of aromatic amines is 1. The summed E-state index contributed by atoms with van der Waals surface area (Å²) in [6.07, 6.45) is 0. The van der Waals surface area contributed by atoms with Crippen LogP contribution in [0, 0.1) is 0 Å². The van der Waals surface area contributed by atoms with E-state index in [-0.39, 0.29) is 20.9 Å². The number of hydrazine groups is 1. The van der Waals surface area contributed by atoms with E-state index in [1.54, 1.807) is 0 Å². The Labute approximate surface area is 83.8 Å². The first-order valence-corrected chi connectivity index (χ1v) is 4.03. The molecule has 6 N–H and O–H groups in total. The largest absolute Gasteiger partial charge is 0.396 e. The number of hydrogen-bond donors (Lipinski definition) is 3. The molecule has 0 aliphatic rings. The fourth-order valence-electron chi connectivity index (χ4n) is 0.668. The van der Waals surface area contributed by atoms with E-state index >= 15 is 0 Å². The number of aromatic nitrogens is 1. The third-order valence-electron chi connectivity index (χ3n) is 1.26. The lowest BCUT2D eigenvalue weighted by atomic mass is 10.4. The van der Waals surface area contributed by atoms with Crippen LogP contribution in [0.2, 0.25) is 15.2 Å². The van der Waals surface area contributed by atoms with Gasteiger partial charge in [-0.25, -0.2) is 4.98 Å². The van der Waals surface area contributed by atoms with Crippen molar-refractivity contribution < 1.29 is 4.98 Å². The topological polar surface area (TPSA) is 78.2 Å². The van der Waals surface area contributed by atoms with E-state index in [9.17, 15) is 0 Å². The van der Waals surface area contributed by atoms with Crippen molar-refractivity contribution in [1.29, 1.82) is 0 Å². The maximum Gasteiger partial charge on any atom is 0.312 e. The van der Waals surface area contributed by atoms with Gasteiger partial charge in [0.1, 0.15) is 5.02 Å². The van der Waals surface area contributed by atoms with Crippen LogP contribution in [0.25, 0.3) is 0 Å². The third-order valence-corrected chi connectivity index (χ3v) is 2.43. The van der Waals surface area contributed by atoms with E-state index in [1.807, 2.05) is 0 Å². The van der Waals surface area contributed by atoms with Crippen LogP contribution in [0.3, 0.4) is 0 Å². The summed E-state index contributed by atoms with van der Waals surface area (Å²) in [4.78, 5) is 2.62. The molecular formula is C5H6Cl3N4+. The number of rotatable bonds is 1. The second-order valence-electron chi connectivity index (χ2n) is 2.00. The molecule has 0 fully saturated rings. The van der Waals surface area contributed by atoms with Crippen molar-refractivity contribution in [3.8, 4) is 0 Å². The van der Waals surface area contributed by atoms with Crippen LogP contribution in [0.15, 0.2) is 0 Å². The van der Waals surface area contributed by atoms with Crippen LogP contribution >= 0.6 is 34.8 Å². The van der Waals surface area contributed by atoms with E-state index in [1.165, 1.54) is 0 Å². The number of hydrogen-bond acceptors (Lipinski definition) is 3.